The van der Waals surface area contributed by atoms with E-state index < -0.39 is 29.1 Å². The number of fused-ring (bicyclic) bond motifs is 1. The molecule has 6 nitrogen and oxygen atoms in total. The van der Waals surface area contributed by atoms with Crippen LogP contribution in [0.25, 0.3) is 5.65 Å². The molecule has 2 heterocycles. The number of aryl methyl sites for hydroxylation is 1. The molecule has 3 aromatic rings. The first-order valence-corrected chi connectivity index (χ1v) is 9.33. The molecule has 0 amide bonds. The summed E-state index contributed by atoms with van der Waals surface area (Å²) >= 11 is 0. The van der Waals surface area contributed by atoms with Gasteiger partial charge in [0.1, 0.15) is 11.6 Å². The molecule has 1 saturated carbocycles. The van der Waals surface area contributed by atoms with Crippen molar-refractivity contribution in [3.8, 4) is 0 Å². The Kier molecular flexibility index (Phi) is 4.67. The number of halogens is 4. The zero-order valence-corrected chi connectivity index (χ0v) is 16.2. The Bertz CT molecular complexity index is 1140. The van der Waals surface area contributed by atoms with Crippen LogP contribution in [0, 0.1) is 12.7 Å². The van der Waals surface area contributed by atoms with Crippen LogP contribution in [0.2, 0.25) is 0 Å². The summed E-state index contributed by atoms with van der Waals surface area (Å²) in [6.45, 7) is 3.65. The Balaban J connectivity index is 1.70. The first-order chi connectivity index (χ1) is 14.1. The minimum Gasteiger partial charge on any atom is -0.461 e. The molecule has 30 heavy (non-hydrogen) atoms. The Morgan fingerprint density at radius 2 is 2.00 bits per heavy atom. The SMILES string of the molecule is CCOC(=O)c1cc2nc(C)cc(NC3(c4ccc(C(F)(F)F)c(F)c4)CC3)n2n1. The predicted octanol–water partition coefficient (Wildman–Crippen LogP) is 4.47. The summed E-state index contributed by atoms with van der Waals surface area (Å²) in [5.41, 5.74) is -0.460. The number of rotatable bonds is 5. The lowest BCUT2D eigenvalue weighted by atomic mass is 10.0. The lowest BCUT2D eigenvalue weighted by Crippen LogP contribution is -2.22. The molecule has 0 atom stereocenters. The lowest BCUT2D eigenvalue weighted by molar-refractivity contribution is -0.140. The van der Waals surface area contributed by atoms with Crippen LogP contribution in [0.3, 0.4) is 0 Å². The largest absolute Gasteiger partial charge is 0.461 e. The Morgan fingerprint density at radius 3 is 2.60 bits per heavy atom. The van der Waals surface area contributed by atoms with Crippen LogP contribution in [0.1, 0.15) is 47.1 Å². The summed E-state index contributed by atoms with van der Waals surface area (Å²) < 4.78 is 59.1. The molecule has 1 aliphatic rings. The smallest absolute Gasteiger partial charge is 0.419 e. The molecule has 158 valence electrons. The van der Waals surface area contributed by atoms with Crippen LogP contribution >= 0.6 is 0 Å². The highest BCUT2D eigenvalue weighted by Gasteiger charge is 2.46. The summed E-state index contributed by atoms with van der Waals surface area (Å²) in [6, 6.07) is 6.15. The van der Waals surface area contributed by atoms with Gasteiger partial charge in [-0.3, -0.25) is 0 Å². The second-order valence-electron chi connectivity index (χ2n) is 7.20. The Hall–Kier alpha value is -3.17. The highest BCUT2D eigenvalue weighted by Crippen LogP contribution is 2.49. The summed E-state index contributed by atoms with van der Waals surface area (Å²) in [7, 11) is 0. The average molecular weight is 422 g/mol. The van der Waals surface area contributed by atoms with Crippen molar-refractivity contribution in [2.24, 2.45) is 0 Å². The van der Waals surface area contributed by atoms with E-state index in [9.17, 15) is 22.4 Å². The maximum Gasteiger partial charge on any atom is 0.419 e. The molecule has 0 radical (unpaired) electrons. The molecule has 1 fully saturated rings. The molecule has 0 spiro atoms. The molecular formula is C20H18F4N4O2. The van der Waals surface area contributed by atoms with Gasteiger partial charge < -0.3 is 10.1 Å². The van der Waals surface area contributed by atoms with Gasteiger partial charge in [0.15, 0.2) is 11.3 Å². The second-order valence-corrected chi connectivity index (χ2v) is 7.20. The Morgan fingerprint density at radius 1 is 1.27 bits per heavy atom. The average Bonchev–Trinajstić information content (AvgIpc) is 3.30. The highest BCUT2D eigenvalue weighted by molar-refractivity contribution is 5.88. The van der Waals surface area contributed by atoms with E-state index in [-0.39, 0.29) is 12.3 Å². The predicted molar refractivity (Wildman–Crippen MR) is 99.6 cm³/mol. The Labute approximate surface area is 168 Å². The van der Waals surface area contributed by atoms with Gasteiger partial charge in [-0.15, -0.1) is 0 Å². The number of hydrogen-bond donors (Lipinski definition) is 1. The van der Waals surface area contributed by atoms with Gasteiger partial charge in [0.05, 0.1) is 17.7 Å². The quantitative estimate of drug-likeness (QED) is 0.485. The van der Waals surface area contributed by atoms with Crippen LogP contribution in [-0.4, -0.2) is 27.2 Å². The molecule has 1 aromatic carbocycles. The minimum absolute atomic E-state index is 0.0865. The van der Waals surface area contributed by atoms with Gasteiger partial charge in [0.25, 0.3) is 0 Å². The van der Waals surface area contributed by atoms with E-state index in [1.54, 1.807) is 19.9 Å². The van der Waals surface area contributed by atoms with Crippen molar-refractivity contribution >= 4 is 17.4 Å². The minimum atomic E-state index is -4.75. The molecule has 2 aromatic heterocycles. The number of esters is 1. The third kappa shape index (κ3) is 3.57. The fraction of sp³-hybridized carbons (Fsp3) is 0.350. The van der Waals surface area contributed by atoms with Crippen molar-refractivity contribution in [2.75, 3.05) is 11.9 Å². The molecule has 0 unspecified atom stereocenters. The zero-order chi connectivity index (χ0) is 21.7. The molecule has 0 bridgehead atoms. The molecule has 10 heteroatoms. The maximum atomic E-state index is 14.1. The van der Waals surface area contributed by atoms with E-state index in [0.717, 1.165) is 12.1 Å². The molecule has 1 N–H and O–H groups in total. The third-order valence-electron chi connectivity index (χ3n) is 4.98. The number of hydrogen-bond acceptors (Lipinski definition) is 5. The topological polar surface area (TPSA) is 68.5 Å². The van der Waals surface area contributed by atoms with Gasteiger partial charge in [-0.1, -0.05) is 6.07 Å². The van der Waals surface area contributed by atoms with Gasteiger partial charge >= 0.3 is 12.1 Å². The molecular weight excluding hydrogens is 404 g/mol. The van der Waals surface area contributed by atoms with Crippen LogP contribution in [-0.2, 0) is 16.5 Å². The first kappa shape index (κ1) is 20.1. The van der Waals surface area contributed by atoms with E-state index >= 15 is 0 Å². The van der Waals surface area contributed by atoms with Crippen molar-refractivity contribution in [1.82, 2.24) is 14.6 Å². The van der Waals surface area contributed by atoms with Gasteiger partial charge in [0, 0.05) is 17.8 Å². The van der Waals surface area contributed by atoms with Crippen molar-refractivity contribution in [2.45, 2.75) is 38.4 Å². The second kappa shape index (κ2) is 6.96. The van der Waals surface area contributed by atoms with Crippen LogP contribution in [0.4, 0.5) is 23.4 Å². The van der Waals surface area contributed by atoms with E-state index in [2.05, 4.69) is 15.4 Å². The maximum absolute atomic E-state index is 14.1. The van der Waals surface area contributed by atoms with E-state index in [1.807, 2.05) is 0 Å². The lowest BCUT2D eigenvalue weighted by Gasteiger charge is -2.21. The van der Waals surface area contributed by atoms with Crippen molar-refractivity contribution in [1.29, 1.82) is 0 Å². The summed E-state index contributed by atoms with van der Waals surface area (Å²) in [5.74, 6) is -1.41. The molecule has 1 aliphatic carbocycles. The number of nitrogens with zero attached hydrogens (tertiary/aromatic N) is 3. The number of anilines is 1. The van der Waals surface area contributed by atoms with E-state index in [4.69, 9.17) is 4.74 Å². The third-order valence-corrected chi connectivity index (χ3v) is 4.98. The van der Waals surface area contributed by atoms with Crippen LogP contribution in [0.5, 0.6) is 0 Å². The molecule has 0 aliphatic heterocycles. The molecule has 0 saturated heterocycles. The molecule has 4 rings (SSSR count). The number of ether oxygens (including phenoxy) is 1. The van der Waals surface area contributed by atoms with E-state index in [1.165, 1.54) is 16.6 Å². The number of benzene rings is 1. The standard InChI is InChI=1S/C20H18F4N4O2/c1-3-30-18(29)15-10-16-25-11(2)8-17(28(16)27-15)26-19(6-7-19)12-4-5-13(14(21)9-12)20(22,23)24/h4-5,8-10,26H,3,6-7H2,1-2H3. The monoisotopic (exact) mass is 422 g/mol. The first-order valence-electron chi connectivity index (χ1n) is 9.33. The number of carbonyl (C=O) groups is 1. The van der Waals surface area contributed by atoms with Crippen molar-refractivity contribution in [3.05, 3.63) is 58.7 Å². The number of alkyl halides is 3. The normalized spacial score (nSPS) is 15.3. The fourth-order valence-electron chi connectivity index (χ4n) is 3.39. The van der Waals surface area contributed by atoms with Crippen molar-refractivity contribution < 1.29 is 27.1 Å². The zero-order valence-electron chi connectivity index (χ0n) is 16.2. The van der Waals surface area contributed by atoms with Gasteiger partial charge in [-0.25, -0.2) is 14.2 Å². The van der Waals surface area contributed by atoms with Gasteiger partial charge in [0.2, 0.25) is 0 Å². The van der Waals surface area contributed by atoms with E-state index in [0.29, 0.717) is 35.6 Å². The number of nitrogens with one attached hydrogen (secondary N) is 1. The fourth-order valence-corrected chi connectivity index (χ4v) is 3.39. The summed E-state index contributed by atoms with van der Waals surface area (Å²) in [4.78, 5) is 16.3. The van der Waals surface area contributed by atoms with Crippen molar-refractivity contribution in [3.63, 3.8) is 0 Å². The van der Waals surface area contributed by atoms with Crippen LogP contribution < -0.4 is 5.32 Å². The number of aromatic nitrogens is 3. The number of carbonyl (C=O) groups excluding carboxylic acids is 1. The highest BCUT2D eigenvalue weighted by atomic mass is 19.4. The summed E-state index contributed by atoms with van der Waals surface area (Å²) in [5, 5.41) is 7.50. The van der Waals surface area contributed by atoms with Gasteiger partial charge in [-0.05, 0) is 44.4 Å². The van der Waals surface area contributed by atoms with Crippen LogP contribution in [0.15, 0.2) is 30.3 Å². The van der Waals surface area contributed by atoms with Gasteiger partial charge in [-0.2, -0.15) is 22.8 Å². The summed E-state index contributed by atoms with van der Waals surface area (Å²) in [6.07, 6.45) is -3.54.